The molecule has 0 aromatic heterocycles. The Kier molecular flexibility index (Phi) is 10.3. The minimum atomic E-state index is -0.917. The summed E-state index contributed by atoms with van der Waals surface area (Å²) in [7, 11) is 1.51. The molecule has 4 N–H and O–H groups in total. The number of hydroxylamine groups is 1. The lowest BCUT2D eigenvalue weighted by atomic mass is 10.0. The third-order valence-corrected chi connectivity index (χ3v) is 5.53. The van der Waals surface area contributed by atoms with E-state index in [-0.39, 0.29) is 12.7 Å². The molecule has 0 heterocycles. The summed E-state index contributed by atoms with van der Waals surface area (Å²) in [5.41, 5.74) is 2.64. The van der Waals surface area contributed by atoms with E-state index in [1.165, 1.54) is 18.9 Å². The van der Waals surface area contributed by atoms with Crippen LogP contribution in [-0.2, 0) is 9.53 Å². The predicted octanol–water partition coefficient (Wildman–Crippen LogP) is 1.18. The van der Waals surface area contributed by atoms with Crippen molar-refractivity contribution in [2.24, 2.45) is 0 Å². The van der Waals surface area contributed by atoms with Crippen LogP contribution in [0.1, 0.15) is 36.2 Å². The highest BCUT2D eigenvalue weighted by Crippen LogP contribution is 2.26. The van der Waals surface area contributed by atoms with Crippen molar-refractivity contribution in [2.45, 2.75) is 37.2 Å². The normalized spacial score (nSPS) is 12.5. The Labute approximate surface area is 175 Å². The number of hydrogen-bond acceptors (Lipinski definition) is 6. The Balaban J connectivity index is 2.81. The number of amides is 2. The van der Waals surface area contributed by atoms with Gasteiger partial charge >= 0.3 is 0 Å². The van der Waals surface area contributed by atoms with Crippen LogP contribution in [0.4, 0.5) is 0 Å². The van der Waals surface area contributed by atoms with Gasteiger partial charge in [0.25, 0.3) is 11.8 Å². The molecule has 2 amide bonds. The van der Waals surface area contributed by atoms with Gasteiger partial charge in [0.05, 0.1) is 12.7 Å². The van der Waals surface area contributed by atoms with Crippen molar-refractivity contribution < 1.29 is 24.6 Å². The van der Waals surface area contributed by atoms with Gasteiger partial charge in [-0.3, -0.25) is 14.8 Å². The Hall–Kier alpha value is -2.49. The Morgan fingerprint density at radius 3 is 2.41 bits per heavy atom. The Morgan fingerprint density at radius 1 is 1.24 bits per heavy atom. The summed E-state index contributed by atoms with van der Waals surface area (Å²) >= 11 is 1.40. The topological polar surface area (TPSA) is 108 Å². The summed E-state index contributed by atoms with van der Waals surface area (Å²) in [5, 5.41) is 20.6. The molecule has 0 aliphatic carbocycles. The SMILES string of the molecule is COC(CO)CC#CC#Cc1ccc(C(=O)N[C@H](C(=O)NO)C(C)(C)SC)cc1. The lowest BCUT2D eigenvalue weighted by Crippen LogP contribution is -2.55. The third kappa shape index (κ3) is 7.80. The third-order valence-electron chi connectivity index (χ3n) is 4.24. The molecular formula is C21H26N2O5S. The summed E-state index contributed by atoms with van der Waals surface area (Å²) in [6, 6.07) is 5.63. The molecule has 0 aliphatic heterocycles. The summed E-state index contributed by atoms with van der Waals surface area (Å²) in [6.45, 7) is 3.50. The first-order valence-electron chi connectivity index (χ1n) is 8.81. The summed E-state index contributed by atoms with van der Waals surface area (Å²) < 4.78 is 4.38. The minimum Gasteiger partial charge on any atom is -0.394 e. The molecule has 1 unspecified atom stereocenters. The Morgan fingerprint density at radius 2 is 1.90 bits per heavy atom. The van der Waals surface area contributed by atoms with Gasteiger partial charge in [0.15, 0.2) is 0 Å². The molecule has 0 saturated carbocycles. The highest BCUT2D eigenvalue weighted by Gasteiger charge is 2.36. The van der Waals surface area contributed by atoms with Crippen molar-refractivity contribution >= 4 is 23.6 Å². The fourth-order valence-electron chi connectivity index (χ4n) is 2.19. The second-order valence-corrected chi connectivity index (χ2v) is 8.02. The van der Waals surface area contributed by atoms with Crippen LogP contribution < -0.4 is 10.8 Å². The van der Waals surface area contributed by atoms with E-state index in [2.05, 4.69) is 29.0 Å². The second kappa shape index (κ2) is 12.2. The van der Waals surface area contributed by atoms with Crippen LogP contribution in [0.3, 0.4) is 0 Å². The predicted molar refractivity (Wildman–Crippen MR) is 112 cm³/mol. The number of ether oxygens (including phenoxy) is 1. The largest absolute Gasteiger partial charge is 0.394 e. The smallest absolute Gasteiger partial charge is 0.267 e. The van der Waals surface area contributed by atoms with Crippen LogP contribution in [0.15, 0.2) is 24.3 Å². The van der Waals surface area contributed by atoms with Gasteiger partial charge in [0.1, 0.15) is 6.04 Å². The molecular weight excluding hydrogens is 392 g/mol. The van der Waals surface area contributed by atoms with Crippen LogP contribution in [-0.4, -0.2) is 59.0 Å². The standard InChI is InChI=1S/C21H26N2O5S/c1-21(2,29-4)18(20(26)23-27)22-19(25)16-12-10-15(11-13-16)8-6-5-7-9-17(14-24)28-3/h10-13,17-18,24,27H,9,14H2,1-4H3,(H,22,25)(H,23,26)/t17?,18-/m1/s1. The maximum absolute atomic E-state index is 12.5. The maximum Gasteiger partial charge on any atom is 0.267 e. The van der Waals surface area contributed by atoms with Gasteiger partial charge in [0.2, 0.25) is 0 Å². The molecule has 0 saturated heterocycles. The lowest BCUT2D eigenvalue weighted by Gasteiger charge is -2.31. The first-order valence-corrected chi connectivity index (χ1v) is 10.0. The van der Waals surface area contributed by atoms with Gasteiger partial charge in [-0.2, -0.15) is 11.8 Å². The second-order valence-electron chi connectivity index (χ2n) is 6.56. The Bertz CT molecular complexity index is 811. The van der Waals surface area contributed by atoms with Crippen molar-refractivity contribution in [3.8, 4) is 23.7 Å². The molecule has 0 spiro atoms. The average molecular weight is 419 g/mol. The monoisotopic (exact) mass is 418 g/mol. The molecule has 7 nitrogen and oxygen atoms in total. The number of aliphatic hydroxyl groups excluding tert-OH is 1. The van der Waals surface area contributed by atoms with E-state index in [4.69, 9.17) is 15.1 Å². The highest BCUT2D eigenvalue weighted by atomic mass is 32.2. The highest BCUT2D eigenvalue weighted by molar-refractivity contribution is 8.00. The zero-order valence-corrected chi connectivity index (χ0v) is 17.7. The molecule has 1 aromatic rings. The molecule has 8 heteroatoms. The number of carbonyl (C=O) groups excluding carboxylic acids is 2. The van der Waals surface area contributed by atoms with E-state index >= 15 is 0 Å². The molecule has 1 aromatic carbocycles. The van der Waals surface area contributed by atoms with Crippen molar-refractivity contribution in [1.82, 2.24) is 10.8 Å². The number of methoxy groups -OCH3 is 1. The van der Waals surface area contributed by atoms with Crippen molar-refractivity contribution in [3.05, 3.63) is 35.4 Å². The van der Waals surface area contributed by atoms with E-state index < -0.39 is 22.6 Å². The molecule has 2 atom stereocenters. The van der Waals surface area contributed by atoms with E-state index in [0.29, 0.717) is 17.5 Å². The quantitative estimate of drug-likeness (QED) is 0.287. The minimum absolute atomic E-state index is 0.100. The fourth-order valence-corrected chi connectivity index (χ4v) is 2.59. The number of carbonyl (C=O) groups is 2. The molecule has 0 bridgehead atoms. The number of thioether (sulfide) groups is 1. The first-order chi connectivity index (χ1) is 13.8. The van der Waals surface area contributed by atoms with Gasteiger partial charge in [-0.1, -0.05) is 11.8 Å². The van der Waals surface area contributed by atoms with Crippen molar-refractivity contribution in [2.75, 3.05) is 20.0 Å². The van der Waals surface area contributed by atoms with E-state index in [9.17, 15) is 9.59 Å². The van der Waals surface area contributed by atoms with Gasteiger partial charge in [-0.15, -0.1) is 0 Å². The molecule has 0 fully saturated rings. The summed E-state index contributed by atoms with van der Waals surface area (Å²) in [5.74, 6) is 9.94. The van der Waals surface area contributed by atoms with E-state index in [1.807, 2.05) is 6.26 Å². The number of aliphatic hydroxyl groups is 1. The summed E-state index contributed by atoms with van der Waals surface area (Å²) in [4.78, 5) is 24.4. The first kappa shape index (κ1) is 24.5. The number of rotatable bonds is 8. The van der Waals surface area contributed by atoms with Gasteiger partial charge in [0, 0.05) is 29.4 Å². The summed E-state index contributed by atoms with van der Waals surface area (Å²) in [6.07, 6.45) is 1.88. The van der Waals surface area contributed by atoms with E-state index in [0.717, 1.165) is 0 Å². The lowest BCUT2D eigenvalue weighted by molar-refractivity contribution is -0.131. The van der Waals surface area contributed by atoms with Crippen LogP contribution in [0.5, 0.6) is 0 Å². The van der Waals surface area contributed by atoms with Crippen molar-refractivity contribution in [3.63, 3.8) is 0 Å². The molecule has 0 radical (unpaired) electrons. The molecule has 156 valence electrons. The van der Waals surface area contributed by atoms with Crippen molar-refractivity contribution in [1.29, 1.82) is 0 Å². The van der Waals surface area contributed by atoms with Crippen LogP contribution in [0.2, 0.25) is 0 Å². The zero-order chi connectivity index (χ0) is 21.9. The molecule has 0 aliphatic rings. The van der Waals surface area contributed by atoms with Gasteiger partial charge in [-0.25, -0.2) is 5.48 Å². The zero-order valence-electron chi connectivity index (χ0n) is 16.9. The maximum atomic E-state index is 12.5. The van der Waals surface area contributed by atoms with Gasteiger partial charge < -0.3 is 15.2 Å². The average Bonchev–Trinajstić information content (AvgIpc) is 2.74. The van der Waals surface area contributed by atoms with E-state index in [1.54, 1.807) is 43.6 Å². The number of benzene rings is 1. The molecule has 1 rings (SSSR count). The van der Waals surface area contributed by atoms with Crippen LogP contribution in [0, 0.1) is 23.7 Å². The number of hydrogen-bond donors (Lipinski definition) is 4. The van der Waals surface area contributed by atoms with Gasteiger partial charge in [-0.05, 0) is 56.2 Å². The van der Waals surface area contributed by atoms with Crippen LogP contribution in [0.25, 0.3) is 0 Å². The molecule has 29 heavy (non-hydrogen) atoms. The van der Waals surface area contributed by atoms with Crippen LogP contribution >= 0.6 is 11.8 Å². The number of nitrogens with one attached hydrogen (secondary N) is 2. The fraction of sp³-hybridized carbons (Fsp3) is 0.429.